The maximum Gasteiger partial charge on any atom is 0.220 e. The van der Waals surface area contributed by atoms with E-state index in [9.17, 15) is 45.6 Å². The molecule has 2 fully saturated rings. The van der Waals surface area contributed by atoms with Crippen LogP contribution in [0.1, 0.15) is 341 Å². The van der Waals surface area contributed by atoms with Crippen molar-refractivity contribution in [2.75, 3.05) is 19.8 Å². The Bertz CT molecular complexity index is 1950. The number of allylic oxidation sites excluding steroid dienone is 14. The number of hydrogen-bond donors (Lipinski definition) is 9. The van der Waals surface area contributed by atoms with Gasteiger partial charge in [0.25, 0.3) is 0 Å². The summed E-state index contributed by atoms with van der Waals surface area (Å²) in [6.45, 7) is 2.79. The zero-order chi connectivity index (χ0) is 70.1. The van der Waals surface area contributed by atoms with Gasteiger partial charge in [-0.2, -0.15) is 0 Å². The van der Waals surface area contributed by atoms with E-state index in [1.165, 1.54) is 212 Å². The van der Waals surface area contributed by atoms with Crippen LogP contribution in [-0.2, 0) is 23.7 Å². The zero-order valence-electron chi connectivity index (χ0n) is 61.8. The van der Waals surface area contributed by atoms with Crippen LogP contribution in [0.15, 0.2) is 85.1 Å². The van der Waals surface area contributed by atoms with E-state index >= 15 is 0 Å². The minimum atomic E-state index is -1.79. The summed E-state index contributed by atoms with van der Waals surface area (Å²) in [6, 6.07) is -0.840. The van der Waals surface area contributed by atoms with Crippen molar-refractivity contribution in [3.63, 3.8) is 0 Å². The predicted molar refractivity (Wildman–Crippen MR) is 401 cm³/mol. The van der Waals surface area contributed by atoms with Gasteiger partial charge in [0.2, 0.25) is 5.91 Å². The highest BCUT2D eigenvalue weighted by Gasteiger charge is 2.51. The molecule has 564 valence electrons. The average Bonchev–Trinajstić information content (AvgIpc) is 0.794. The van der Waals surface area contributed by atoms with E-state index in [2.05, 4.69) is 104 Å². The number of aliphatic hydroxyl groups excluding tert-OH is 8. The maximum atomic E-state index is 13.4. The minimum Gasteiger partial charge on any atom is -0.394 e. The third-order valence-electron chi connectivity index (χ3n) is 19.4. The molecule has 2 rings (SSSR count). The largest absolute Gasteiger partial charge is 0.394 e. The van der Waals surface area contributed by atoms with Gasteiger partial charge < -0.3 is 65.1 Å². The fourth-order valence-electron chi connectivity index (χ4n) is 13.0. The molecule has 2 heterocycles. The van der Waals surface area contributed by atoms with E-state index in [4.69, 9.17) is 18.9 Å². The molecule has 0 aromatic rings. The van der Waals surface area contributed by atoms with E-state index < -0.39 is 86.8 Å². The van der Waals surface area contributed by atoms with Crippen LogP contribution in [0, 0.1) is 0 Å². The van der Waals surface area contributed by atoms with E-state index in [1.54, 1.807) is 0 Å². The summed E-state index contributed by atoms with van der Waals surface area (Å²) in [5.41, 5.74) is 0. The quantitative estimate of drug-likeness (QED) is 0.0204. The van der Waals surface area contributed by atoms with Crippen LogP contribution >= 0.6 is 0 Å². The molecule has 0 aromatic carbocycles. The molecule has 14 heteroatoms. The Kier molecular flexibility index (Phi) is 61.8. The normalized spacial score (nSPS) is 22.6. The Labute approximate surface area is 592 Å². The van der Waals surface area contributed by atoms with Gasteiger partial charge in [-0.25, -0.2) is 0 Å². The second-order valence-corrected chi connectivity index (χ2v) is 28.2. The van der Waals surface area contributed by atoms with Crippen LogP contribution in [0.4, 0.5) is 0 Å². The summed E-state index contributed by atoms with van der Waals surface area (Å²) in [5.74, 6) is -0.212. The van der Waals surface area contributed by atoms with E-state index in [-0.39, 0.29) is 12.5 Å². The first-order chi connectivity index (χ1) is 47.6. The van der Waals surface area contributed by atoms with Gasteiger partial charge in [-0.15, -0.1) is 0 Å². The highest BCUT2D eigenvalue weighted by molar-refractivity contribution is 5.76. The number of amides is 1. The van der Waals surface area contributed by atoms with E-state index in [1.807, 2.05) is 0 Å². The third-order valence-corrected chi connectivity index (χ3v) is 19.4. The van der Waals surface area contributed by atoms with Gasteiger partial charge >= 0.3 is 0 Å². The Balaban J connectivity index is 1.62. The molecule has 2 saturated heterocycles. The van der Waals surface area contributed by atoms with Crippen molar-refractivity contribution in [1.29, 1.82) is 0 Å². The zero-order valence-corrected chi connectivity index (χ0v) is 61.8. The highest BCUT2D eigenvalue weighted by Crippen LogP contribution is 2.30. The molecule has 97 heavy (non-hydrogen) atoms. The van der Waals surface area contributed by atoms with Crippen molar-refractivity contribution in [3.8, 4) is 0 Å². The number of rotatable bonds is 67. The van der Waals surface area contributed by atoms with Gasteiger partial charge in [0.1, 0.15) is 48.8 Å². The third kappa shape index (κ3) is 49.4. The first-order valence-electron chi connectivity index (χ1n) is 40.3. The Morgan fingerprint density at radius 2 is 0.711 bits per heavy atom. The molecule has 1 amide bonds. The lowest BCUT2D eigenvalue weighted by atomic mass is 9.97. The van der Waals surface area contributed by atoms with Crippen molar-refractivity contribution in [2.45, 2.75) is 415 Å². The predicted octanol–water partition coefficient (Wildman–Crippen LogP) is 18.3. The molecule has 0 bridgehead atoms. The van der Waals surface area contributed by atoms with E-state index in [0.717, 1.165) is 96.3 Å². The standard InChI is InChI=1S/C83H149NO13/c1-3-5-7-9-11-13-15-17-19-21-23-25-27-29-31-33-35-37-38-40-42-44-46-48-50-52-54-56-58-60-62-64-66-72(87)71(70-94-82-80(93)78(91)81(74(69-86)96-82)97-83-79(92)77(90)76(89)73(68-85)95-83)84-75(88)67-65-63-61-59-57-55-53-51-49-47-45-43-41-39-36-34-32-30-28-26-24-22-20-18-16-14-12-10-8-6-4-2/h6,8,12,14,18,20,24,26,30,32,36,39,43,45,71-74,76-83,85-87,89-93H,3-5,7,9-11,13,15-17,19,21-23,25,27-29,31,33-35,37-38,40-42,44,46-70H2,1-2H3,(H,84,88)/b8-6-,14-12-,20-18-,26-24-,32-30-,39-36-,45-43-. The number of aliphatic hydroxyl groups is 8. The van der Waals surface area contributed by atoms with Crippen molar-refractivity contribution in [2.24, 2.45) is 0 Å². The summed E-state index contributed by atoms with van der Waals surface area (Å²) in [6.07, 6.45) is 76.2. The summed E-state index contributed by atoms with van der Waals surface area (Å²) in [5, 5.41) is 87.9. The Morgan fingerprint density at radius 1 is 0.381 bits per heavy atom. The summed E-state index contributed by atoms with van der Waals surface area (Å²) >= 11 is 0. The lowest BCUT2D eigenvalue weighted by Gasteiger charge is -2.46. The number of hydrogen-bond acceptors (Lipinski definition) is 13. The summed E-state index contributed by atoms with van der Waals surface area (Å²) < 4.78 is 23.0. The molecule has 0 spiro atoms. The number of unbranched alkanes of at least 4 members (excludes halogenated alkanes) is 40. The molecule has 0 radical (unpaired) electrons. The van der Waals surface area contributed by atoms with Crippen LogP contribution in [0.2, 0.25) is 0 Å². The highest BCUT2D eigenvalue weighted by atomic mass is 16.7. The smallest absolute Gasteiger partial charge is 0.220 e. The first kappa shape index (κ1) is 90.3. The van der Waals surface area contributed by atoms with Crippen LogP contribution in [0.25, 0.3) is 0 Å². The SMILES string of the molecule is CC/C=C\C/C=C\C/C=C\C/C=C\C/C=C\C/C=C\C/C=C\CCCCCCCCCCCC(=O)NC(COC1OC(CO)C(OC2OC(CO)C(O)C(O)C2O)C(O)C1O)C(O)CCCCCCCCCCCCCCCCCCCCCCCCCCCCCCCCCC. The van der Waals surface area contributed by atoms with Crippen molar-refractivity contribution in [3.05, 3.63) is 85.1 Å². The van der Waals surface area contributed by atoms with Crippen LogP contribution in [0.3, 0.4) is 0 Å². The van der Waals surface area contributed by atoms with Crippen LogP contribution < -0.4 is 5.32 Å². The molecular weight excluding hydrogens is 1220 g/mol. The van der Waals surface area contributed by atoms with Gasteiger partial charge in [-0.05, 0) is 70.6 Å². The molecule has 0 saturated carbocycles. The summed E-state index contributed by atoms with van der Waals surface area (Å²) in [4.78, 5) is 13.4. The van der Waals surface area contributed by atoms with Gasteiger partial charge in [-0.1, -0.05) is 349 Å². The summed E-state index contributed by atoms with van der Waals surface area (Å²) in [7, 11) is 0. The lowest BCUT2D eigenvalue weighted by molar-refractivity contribution is -0.359. The maximum absolute atomic E-state index is 13.4. The molecule has 12 atom stereocenters. The topological polar surface area (TPSA) is 228 Å². The lowest BCUT2D eigenvalue weighted by Crippen LogP contribution is -2.65. The fourth-order valence-corrected chi connectivity index (χ4v) is 13.0. The number of carbonyl (C=O) groups is 1. The molecule has 0 aliphatic carbocycles. The second kappa shape index (κ2) is 66.4. The first-order valence-corrected chi connectivity index (χ1v) is 40.3. The monoisotopic (exact) mass is 1370 g/mol. The second-order valence-electron chi connectivity index (χ2n) is 28.2. The van der Waals surface area contributed by atoms with Gasteiger partial charge in [-0.3, -0.25) is 4.79 Å². The number of ether oxygens (including phenoxy) is 4. The molecule has 12 unspecified atom stereocenters. The van der Waals surface area contributed by atoms with Crippen molar-refractivity contribution in [1.82, 2.24) is 5.32 Å². The molecule has 14 nitrogen and oxygen atoms in total. The molecule has 0 aromatic heterocycles. The van der Waals surface area contributed by atoms with Gasteiger partial charge in [0, 0.05) is 6.42 Å². The number of carbonyl (C=O) groups excluding carboxylic acids is 1. The van der Waals surface area contributed by atoms with Crippen LogP contribution in [0.5, 0.6) is 0 Å². The Morgan fingerprint density at radius 3 is 1.09 bits per heavy atom. The number of nitrogens with one attached hydrogen (secondary N) is 1. The van der Waals surface area contributed by atoms with Crippen molar-refractivity contribution < 1.29 is 64.6 Å². The fraction of sp³-hybridized carbons (Fsp3) is 0.819. The average molecular weight is 1370 g/mol. The van der Waals surface area contributed by atoms with E-state index in [0.29, 0.717) is 19.3 Å². The van der Waals surface area contributed by atoms with Gasteiger partial charge in [0.15, 0.2) is 12.6 Å². The molecule has 2 aliphatic heterocycles. The molecule has 2 aliphatic rings. The van der Waals surface area contributed by atoms with Gasteiger partial charge in [0.05, 0.1) is 32.0 Å². The van der Waals surface area contributed by atoms with Crippen molar-refractivity contribution >= 4 is 5.91 Å². The minimum absolute atomic E-state index is 0.212. The molecular formula is C83H149NO13. The Hall–Kier alpha value is -2.83. The van der Waals surface area contributed by atoms with Crippen LogP contribution in [-0.4, -0.2) is 140 Å². The molecule has 9 N–H and O–H groups in total.